The number of nitrogens with zero attached hydrogens (tertiary/aromatic N) is 3. The fourth-order valence-corrected chi connectivity index (χ4v) is 3.10. The zero-order chi connectivity index (χ0) is 15.8. The molecule has 0 spiro atoms. The average Bonchev–Trinajstić information content (AvgIpc) is 2.76. The van der Waals surface area contributed by atoms with Gasteiger partial charge in [-0.1, -0.05) is 16.8 Å². The molecule has 1 aromatic carbocycles. The third-order valence-corrected chi connectivity index (χ3v) is 4.59. The van der Waals surface area contributed by atoms with Crippen LogP contribution in [-0.2, 0) is 22.6 Å². The second-order valence-corrected chi connectivity index (χ2v) is 6.58. The minimum atomic E-state index is -3.97. The summed E-state index contributed by atoms with van der Waals surface area (Å²) in [5.74, 6) is -3.16. The molecule has 112 valence electrons. The fraction of sp³-hybridized carbons (Fsp3) is 0.182. The number of sulfone groups is 1. The van der Waals surface area contributed by atoms with Gasteiger partial charge < -0.3 is 5.11 Å². The van der Waals surface area contributed by atoms with Gasteiger partial charge in [-0.05, 0) is 12.1 Å². The molecule has 1 heterocycles. The van der Waals surface area contributed by atoms with Crippen LogP contribution in [0.5, 0.6) is 0 Å². The molecule has 2 rings (SSSR count). The minimum absolute atomic E-state index is 0.157. The highest BCUT2D eigenvalue weighted by molar-refractivity contribution is 7.90. The van der Waals surface area contributed by atoms with Crippen molar-refractivity contribution in [2.45, 2.75) is 10.6 Å². The van der Waals surface area contributed by atoms with Gasteiger partial charge in [0.15, 0.2) is 9.84 Å². The Hall–Kier alpha value is -2.00. The Morgan fingerprint density at radius 2 is 2.14 bits per heavy atom. The van der Waals surface area contributed by atoms with Gasteiger partial charge in [0.25, 0.3) is 0 Å². The van der Waals surface area contributed by atoms with Gasteiger partial charge in [-0.2, -0.15) is 0 Å². The van der Waals surface area contributed by atoms with Crippen LogP contribution in [0.25, 0.3) is 0 Å². The molecule has 21 heavy (non-hydrogen) atoms. The molecule has 0 saturated carbocycles. The number of hydrogen-bond donors (Lipinski definition) is 1. The third kappa shape index (κ3) is 3.19. The monoisotopic (exact) mass is 333 g/mol. The van der Waals surface area contributed by atoms with E-state index in [0.29, 0.717) is 6.07 Å². The van der Waals surface area contributed by atoms with Crippen LogP contribution in [0.4, 0.5) is 4.39 Å². The van der Waals surface area contributed by atoms with Gasteiger partial charge in [0, 0.05) is 13.2 Å². The first-order valence-electron chi connectivity index (χ1n) is 5.51. The van der Waals surface area contributed by atoms with E-state index in [1.54, 1.807) is 7.05 Å². The molecule has 0 saturated heterocycles. The van der Waals surface area contributed by atoms with Crippen molar-refractivity contribution in [3.05, 3.63) is 40.4 Å². The summed E-state index contributed by atoms with van der Waals surface area (Å²) in [5.41, 5.74) is -0.459. The van der Waals surface area contributed by atoms with E-state index in [-0.39, 0.29) is 5.69 Å². The molecule has 10 heteroatoms. The van der Waals surface area contributed by atoms with Crippen molar-refractivity contribution in [2.75, 3.05) is 0 Å². The third-order valence-electron chi connectivity index (χ3n) is 2.58. The predicted molar refractivity (Wildman–Crippen MR) is 70.3 cm³/mol. The first-order chi connectivity index (χ1) is 9.70. The zero-order valence-corrected chi connectivity index (χ0v) is 12.2. The van der Waals surface area contributed by atoms with Crippen LogP contribution in [0, 0.1) is 5.82 Å². The fourth-order valence-electron chi connectivity index (χ4n) is 1.64. The number of carboxylic acids is 1. The van der Waals surface area contributed by atoms with Crippen LogP contribution in [0.3, 0.4) is 0 Å². The molecule has 7 nitrogen and oxygen atoms in total. The minimum Gasteiger partial charge on any atom is -0.478 e. The summed E-state index contributed by atoms with van der Waals surface area (Å²) < 4.78 is 39.2. The Balaban J connectivity index is 2.47. The second-order valence-electron chi connectivity index (χ2n) is 4.21. The Kier molecular flexibility index (Phi) is 3.97. The lowest BCUT2D eigenvalue weighted by atomic mass is 10.2. The quantitative estimate of drug-likeness (QED) is 0.904. The van der Waals surface area contributed by atoms with Crippen molar-refractivity contribution in [1.29, 1.82) is 0 Å². The van der Waals surface area contributed by atoms with Crippen LogP contribution >= 0.6 is 11.6 Å². The number of halogens is 2. The smallest absolute Gasteiger partial charge is 0.337 e. The summed E-state index contributed by atoms with van der Waals surface area (Å²) in [6, 6.07) is 1.50. The molecule has 1 aromatic heterocycles. The van der Waals surface area contributed by atoms with Crippen LogP contribution in [0.2, 0.25) is 5.02 Å². The van der Waals surface area contributed by atoms with E-state index in [9.17, 15) is 17.6 Å². The van der Waals surface area contributed by atoms with Crippen molar-refractivity contribution in [3.8, 4) is 0 Å². The van der Waals surface area contributed by atoms with Crippen molar-refractivity contribution >= 4 is 27.4 Å². The Morgan fingerprint density at radius 1 is 1.48 bits per heavy atom. The molecular weight excluding hydrogens is 325 g/mol. The van der Waals surface area contributed by atoms with Gasteiger partial charge in [0.2, 0.25) is 0 Å². The molecule has 0 amide bonds. The van der Waals surface area contributed by atoms with E-state index in [2.05, 4.69) is 10.3 Å². The standard InChI is InChI=1S/C11H9ClFN3O4S/c1-16-4-6(14-15-16)5-21(19,20)7-2-8(11(17)18)10(12)9(13)3-7/h2-4H,5H2,1H3,(H,17,18). The molecule has 2 aromatic rings. The van der Waals surface area contributed by atoms with Crippen LogP contribution in [0.15, 0.2) is 23.2 Å². The normalized spacial score (nSPS) is 11.6. The molecule has 1 N–H and O–H groups in total. The topological polar surface area (TPSA) is 102 Å². The highest BCUT2D eigenvalue weighted by Crippen LogP contribution is 2.26. The maximum absolute atomic E-state index is 13.6. The Morgan fingerprint density at radius 3 is 2.67 bits per heavy atom. The summed E-state index contributed by atoms with van der Waals surface area (Å²) in [5, 5.41) is 15.5. The lowest BCUT2D eigenvalue weighted by Gasteiger charge is -2.06. The molecule has 0 aliphatic rings. The number of aryl methyl sites for hydroxylation is 1. The molecule has 0 fully saturated rings. The summed E-state index contributed by atoms with van der Waals surface area (Å²) >= 11 is 5.50. The summed E-state index contributed by atoms with van der Waals surface area (Å²) in [6.07, 6.45) is 1.39. The van der Waals surface area contributed by atoms with Crippen LogP contribution in [0.1, 0.15) is 16.1 Å². The lowest BCUT2D eigenvalue weighted by molar-refractivity contribution is 0.0696. The lowest BCUT2D eigenvalue weighted by Crippen LogP contribution is -2.09. The number of aromatic nitrogens is 3. The van der Waals surface area contributed by atoms with E-state index in [0.717, 1.165) is 6.07 Å². The summed E-state index contributed by atoms with van der Waals surface area (Å²) in [4.78, 5) is 10.5. The summed E-state index contributed by atoms with van der Waals surface area (Å²) in [6.45, 7) is 0. The van der Waals surface area contributed by atoms with Gasteiger partial charge in [0.1, 0.15) is 11.6 Å². The highest BCUT2D eigenvalue weighted by atomic mass is 35.5. The second kappa shape index (κ2) is 5.41. The van der Waals surface area contributed by atoms with Gasteiger partial charge in [-0.15, -0.1) is 5.10 Å². The zero-order valence-electron chi connectivity index (χ0n) is 10.6. The SMILES string of the molecule is Cn1cc(CS(=O)(=O)c2cc(F)c(Cl)c(C(=O)O)c2)nn1. The van der Waals surface area contributed by atoms with E-state index < -0.39 is 42.9 Å². The van der Waals surface area contributed by atoms with Crippen molar-refractivity contribution in [1.82, 2.24) is 15.0 Å². The van der Waals surface area contributed by atoms with Gasteiger partial charge >= 0.3 is 5.97 Å². The Labute approximate surface area is 123 Å². The van der Waals surface area contributed by atoms with Crippen molar-refractivity contribution in [3.63, 3.8) is 0 Å². The number of hydrogen-bond acceptors (Lipinski definition) is 5. The maximum Gasteiger partial charge on any atom is 0.337 e. The largest absolute Gasteiger partial charge is 0.478 e. The van der Waals surface area contributed by atoms with Gasteiger partial charge in [-0.25, -0.2) is 17.6 Å². The molecule has 0 radical (unpaired) electrons. The molecule has 0 aliphatic carbocycles. The number of carbonyl (C=O) groups is 1. The summed E-state index contributed by atoms with van der Waals surface area (Å²) in [7, 11) is -2.41. The number of benzene rings is 1. The van der Waals surface area contributed by atoms with Crippen LogP contribution in [-0.4, -0.2) is 34.5 Å². The number of rotatable bonds is 4. The molecule has 0 atom stereocenters. The number of aromatic carboxylic acids is 1. The van der Waals surface area contributed by atoms with E-state index >= 15 is 0 Å². The van der Waals surface area contributed by atoms with E-state index in [1.165, 1.54) is 10.9 Å². The number of carboxylic acid groups (broad SMARTS) is 1. The highest BCUT2D eigenvalue weighted by Gasteiger charge is 2.23. The van der Waals surface area contributed by atoms with Gasteiger partial charge in [0.05, 0.1) is 21.2 Å². The van der Waals surface area contributed by atoms with Crippen molar-refractivity contribution < 1.29 is 22.7 Å². The maximum atomic E-state index is 13.6. The molecule has 0 aliphatic heterocycles. The van der Waals surface area contributed by atoms with Gasteiger partial charge in [-0.3, -0.25) is 4.68 Å². The first-order valence-corrected chi connectivity index (χ1v) is 7.54. The Bertz CT molecular complexity index is 819. The van der Waals surface area contributed by atoms with Crippen LogP contribution < -0.4 is 0 Å². The first kappa shape index (κ1) is 15.4. The van der Waals surface area contributed by atoms with Crippen molar-refractivity contribution in [2.24, 2.45) is 7.05 Å². The van der Waals surface area contributed by atoms with E-state index in [1.807, 2.05) is 0 Å². The predicted octanol–water partition coefficient (Wildman–Crippen LogP) is 1.28. The molecular formula is C11H9ClFN3O4S. The average molecular weight is 334 g/mol. The molecule has 0 bridgehead atoms. The van der Waals surface area contributed by atoms with E-state index in [4.69, 9.17) is 16.7 Å². The molecule has 0 unspecified atom stereocenters.